The van der Waals surface area contributed by atoms with Crippen LogP contribution in [0.4, 0.5) is 5.69 Å². The Hall–Kier alpha value is -2.78. The van der Waals surface area contributed by atoms with Gasteiger partial charge < -0.3 is 19.5 Å². The van der Waals surface area contributed by atoms with Crippen LogP contribution in [0.25, 0.3) is 0 Å². The molecule has 1 amide bonds. The minimum atomic E-state index is -3.87. The van der Waals surface area contributed by atoms with E-state index in [2.05, 4.69) is 10.0 Å². The number of hydrogen-bond acceptors (Lipinski definition) is 6. The third kappa shape index (κ3) is 4.93. The Kier molecular flexibility index (Phi) is 6.87. The van der Waals surface area contributed by atoms with Gasteiger partial charge in [0.15, 0.2) is 11.5 Å². The summed E-state index contributed by atoms with van der Waals surface area (Å²) in [5, 5.41) is 2.71. The van der Waals surface area contributed by atoms with Gasteiger partial charge in [-0.05, 0) is 49.7 Å². The van der Waals surface area contributed by atoms with Gasteiger partial charge in [0.05, 0.1) is 32.3 Å². The number of methoxy groups -OCH3 is 3. The van der Waals surface area contributed by atoms with Gasteiger partial charge in [0.2, 0.25) is 15.9 Å². The zero-order valence-corrected chi connectivity index (χ0v) is 17.2. The first-order valence-electron chi connectivity index (χ1n) is 8.41. The van der Waals surface area contributed by atoms with Gasteiger partial charge in [0, 0.05) is 11.8 Å². The monoisotopic (exact) mass is 408 g/mol. The summed E-state index contributed by atoms with van der Waals surface area (Å²) >= 11 is 0. The molecular formula is C19H24N2O6S. The van der Waals surface area contributed by atoms with Crippen molar-refractivity contribution in [3.8, 4) is 17.2 Å². The number of nitrogens with one attached hydrogen (secondary N) is 2. The number of amides is 1. The largest absolute Gasteiger partial charge is 0.497 e. The van der Waals surface area contributed by atoms with Crippen LogP contribution in [0.5, 0.6) is 17.2 Å². The van der Waals surface area contributed by atoms with E-state index in [1.807, 2.05) is 0 Å². The van der Waals surface area contributed by atoms with Crippen molar-refractivity contribution in [3.63, 3.8) is 0 Å². The maximum Gasteiger partial charge on any atom is 0.242 e. The van der Waals surface area contributed by atoms with Crippen molar-refractivity contribution in [3.05, 3.63) is 42.0 Å². The molecule has 28 heavy (non-hydrogen) atoms. The van der Waals surface area contributed by atoms with E-state index in [4.69, 9.17) is 14.2 Å². The molecule has 8 nitrogen and oxygen atoms in total. The van der Waals surface area contributed by atoms with Crippen molar-refractivity contribution in [2.45, 2.75) is 24.8 Å². The van der Waals surface area contributed by atoms with Gasteiger partial charge in [0.25, 0.3) is 0 Å². The molecule has 1 atom stereocenters. The lowest BCUT2D eigenvalue weighted by atomic mass is 10.1. The van der Waals surface area contributed by atoms with E-state index in [0.29, 0.717) is 22.9 Å². The molecule has 0 unspecified atom stereocenters. The topological polar surface area (TPSA) is 103 Å². The third-order valence-corrected chi connectivity index (χ3v) is 5.64. The molecule has 0 bridgehead atoms. The van der Waals surface area contributed by atoms with Crippen LogP contribution in [0.15, 0.2) is 41.3 Å². The fraction of sp³-hybridized carbons (Fsp3) is 0.316. The van der Waals surface area contributed by atoms with Crippen molar-refractivity contribution in [1.29, 1.82) is 0 Å². The molecule has 0 aliphatic rings. The Balaban J connectivity index is 2.14. The summed E-state index contributed by atoms with van der Waals surface area (Å²) in [5.41, 5.74) is 1.24. The van der Waals surface area contributed by atoms with Gasteiger partial charge in [-0.15, -0.1) is 0 Å². The highest BCUT2D eigenvalue weighted by molar-refractivity contribution is 7.89. The van der Waals surface area contributed by atoms with Crippen LogP contribution in [-0.4, -0.2) is 41.7 Å². The van der Waals surface area contributed by atoms with Gasteiger partial charge >= 0.3 is 0 Å². The number of benzene rings is 2. The molecule has 0 saturated carbocycles. The standard InChI is InChI=1S/C19H24N2O6S/c1-12-10-17(26-4)18(27-5)11-16(12)20-19(22)13(2)21-28(23,24)15-8-6-14(25-3)7-9-15/h6-11,13,21H,1-5H3,(H,20,22)/t13-/m0/s1. The zero-order valence-electron chi connectivity index (χ0n) is 16.4. The number of ether oxygens (including phenoxy) is 3. The van der Waals surface area contributed by atoms with Crippen LogP contribution >= 0.6 is 0 Å². The fourth-order valence-electron chi connectivity index (χ4n) is 2.47. The molecule has 0 heterocycles. The zero-order chi connectivity index (χ0) is 20.9. The number of rotatable bonds is 8. The average molecular weight is 408 g/mol. The summed E-state index contributed by atoms with van der Waals surface area (Å²) in [6.45, 7) is 3.26. The maximum absolute atomic E-state index is 12.5. The van der Waals surface area contributed by atoms with E-state index < -0.39 is 22.0 Å². The second kappa shape index (κ2) is 8.94. The van der Waals surface area contributed by atoms with Crippen molar-refractivity contribution in [1.82, 2.24) is 4.72 Å². The highest BCUT2D eigenvalue weighted by Crippen LogP contribution is 2.33. The van der Waals surface area contributed by atoms with Crippen molar-refractivity contribution in [2.75, 3.05) is 26.6 Å². The predicted molar refractivity (Wildman–Crippen MR) is 106 cm³/mol. The first kappa shape index (κ1) is 21.5. The minimum absolute atomic E-state index is 0.0373. The quantitative estimate of drug-likeness (QED) is 0.695. The van der Waals surface area contributed by atoms with Crippen molar-refractivity contribution >= 4 is 21.6 Å². The molecule has 2 rings (SSSR count). The van der Waals surface area contributed by atoms with E-state index in [1.54, 1.807) is 19.1 Å². The van der Waals surface area contributed by atoms with Crippen molar-refractivity contribution < 1.29 is 27.4 Å². The summed E-state index contributed by atoms with van der Waals surface area (Å²) in [6.07, 6.45) is 0. The Morgan fingerprint density at radius 2 is 1.54 bits per heavy atom. The highest BCUT2D eigenvalue weighted by atomic mass is 32.2. The third-order valence-electron chi connectivity index (χ3n) is 4.08. The molecule has 0 aliphatic carbocycles. The number of carbonyl (C=O) groups excluding carboxylic acids is 1. The van der Waals surface area contributed by atoms with Crippen LogP contribution in [-0.2, 0) is 14.8 Å². The second-order valence-electron chi connectivity index (χ2n) is 6.03. The lowest BCUT2D eigenvalue weighted by molar-refractivity contribution is -0.117. The number of aryl methyl sites for hydroxylation is 1. The minimum Gasteiger partial charge on any atom is -0.497 e. The van der Waals surface area contributed by atoms with E-state index in [0.717, 1.165) is 5.56 Å². The van der Waals surface area contributed by atoms with E-state index in [9.17, 15) is 13.2 Å². The molecule has 2 aromatic carbocycles. The normalized spacial score (nSPS) is 12.2. The van der Waals surface area contributed by atoms with E-state index >= 15 is 0 Å². The Morgan fingerprint density at radius 3 is 2.07 bits per heavy atom. The Bertz CT molecular complexity index is 942. The first-order valence-corrected chi connectivity index (χ1v) is 9.90. The predicted octanol–water partition coefficient (Wildman–Crippen LogP) is 2.33. The van der Waals surface area contributed by atoms with E-state index in [1.165, 1.54) is 52.5 Å². The molecule has 9 heteroatoms. The van der Waals surface area contributed by atoms with Gasteiger partial charge in [-0.1, -0.05) is 0 Å². The molecule has 2 aromatic rings. The summed E-state index contributed by atoms with van der Waals surface area (Å²) in [6, 6.07) is 8.23. The summed E-state index contributed by atoms with van der Waals surface area (Å²) in [5.74, 6) is 1.02. The Labute approximate surface area is 164 Å². The van der Waals surface area contributed by atoms with Crippen LogP contribution in [0.1, 0.15) is 12.5 Å². The van der Waals surface area contributed by atoms with Gasteiger partial charge in [-0.3, -0.25) is 4.79 Å². The first-order chi connectivity index (χ1) is 13.2. The molecule has 0 aromatic heterocycles. The van der Waals surface area contributed by atoms with Crippen LogP contribution in [0.3, 0.4) is 0 Å². The SMILES string of the molecule is COc1ccc(S(=O)(=O)N[C@@H](C)C(=O)Nc2cc(OC)c(OC)cc2C)cc1. The number of carbonyl (C=O) groups is 1. The average Bonchev–Trinajstić information content (AvgIpc) is 2.68. The number of anilines is 1. The van der Waals surface area contributed by atoms with Crippen LogP contribution in [0.2, 0.25) is 0 Å². The molecular weight excluding hydrogens is 384 g/mol. The lowest BCUT2D eigenvalue weighted by Gasteiger charge is -2.17. The molecule has 152 valence electrons. The summed E-state index contributed by atoms with van der Waals surface area (Å²) in [7, 11) is 0.634. The molecule has 0 spiro atoms. The molecule has 0 radical (unpaired) electrons. The smallest absolute Gasteiger partial charge is 0.242 e. The molecule has 2 N–H and O–H groups in total. The van der Waals surface area contributed by atoms with Crippen molar-refractivity contribution in [2.24, 2.45) is 0 Å². The van der Waals surface area contributed by atoms with Gasteiger partial charge in [-0.2, -0.15) is 4.72 Å². The fourth-order valence-corrected chi connectivity index (χ4v) is 3.67. The van der Waals surface area contributed by atoms with Gasteiger partial charge in [-0.25, -0.2) is 8.42 Å². The number of sulfonamides is 1. The molecule has 0 saturated heterocycles. The van der Waals surface area contributed by atoms with Crippen LogP contribution < -0.4 is 24.2 Å². The van der Waals surface area contributed by atoms with Crippen LogP contribution in [0, 0.1) is 6.92 Å². The highest BCUT2D eigenvalue weighted by Gasteiger charge is 2.23. The summed E-state index contributed by atoms with van der Waals surface area (Å²) < 4.78 is 42.8. The molecule has 0 fully saturated rings. The lowest BCUT2D eigenvalue weighted by Crippen LogP contribution is -2.41. The molecule has 0 aliphatic heterocycles. The summed E-state index contributed by atoms with van der Waals surface area (Å²) in [4.78, 5) is 12.5. The van der Waals surface area contributed by atoms with E-state index in [-0.39, 0.29) is 4.90 Å². The van der Waals surface area contributed by atoms with Gasteiger partial charge in [0.1, 0.15) is 5.75 Å². The maximum atomic E-state index is 12.5. The Morgan fingerprint density at radius 1 is 0.964 bits per heavy atom. The second-order valence-corrected chi connectivity index (χ2v) is 7.74. The number of hydrogen-bond donors (Lipinski definition) is 2.